The zero-order valence-electron chi connectivity index (χ0n) is 32.1. The van der Waals surface area contributed by atoms with Crippen molar-refractivity contribution >= 4 is 82.4 Å². The Morgan fingerprint density at radius 3 is 1.68 bits per heavy atom. The summed E-state index contributed by atoms with van der Waals surface area (Å²) in [5, 5.41) is 9.74. The number of hydrogen-bond acceptors (Lipinski definition) is 2. The maximum atomic E-state index is 6.30. The third-order valence-electron chi connectivity index (χ3n) is 12.0. The van der Waals surface area contributed by atoms with Crippen LogP contribution in [0.25, 0.3) is 93.2 Å². The topological polar surface area (TPSA) is 21.3 Å². The number of furan rings is 1. The fourth-order valence-corrected chi connectivity index (χ4v) is 9.23. The Morgan fingerprint density at radius 2 is 0.881 bits per heavy atom. The van der Waals surface area contributed by atoms with Crippen molar-refractivity contribution in [3.8, 4) is 27.9 Å². The van der Waals surface area contributed by atoms with Crippen molar-refractivity contribution in [3.63, 3.8) is 0 Å². The van der Waals surface area contributed by atoms with Crippen LogP contribution in [0.5, 0.6) is 0 Å². The highest BCUT2D eigenvalue weighted by Gasteiger charge is 2.18. The predicted molar refractivity (Wildman–Crippen MR) is 249 cm³/mol. The molecule has 0 fully saturated rings. The van der Waals surface area contributed by atoms with E-state index in [2.05, 4.69) is 216 Å². The fourth-order valence-electron chi connectivity index (χ4n) is 9.23. The van der Waals surface area contributed by atoms with Gasteiger partial charge in [0.05, 0.1) is 11.0 Å². The maximum absolute atomic E-state index is 6.30. The lowest BCUT2D eigenvalue weighted by atomic mass is 9.94. The molecule has 0 spiro atoms. The molecule has 0 unspecified atom stereocenters. The highest BCUT2D eigenvalue weighted by molar-refractivity contribution is 6.10. The number of hydrogen-bond donors (Lipinski definition) is 0. The first kappa shape index (κ1) is 33.3. The Labute approximate surface area is 341 Å². The van der Waals surface area contributed by atoms with Crippen LogP contribution in [0.15, 0.2) is 223 Å². The molecule has 3 heteroatoms. The third-order valence-corrected chi connectivity index (χ3v) is 12.0. The molecule has 0 radical (unpaired) electrons. The lowest BCUT2D eigenvalue weighted by Gasteiger charge is -2.27. The van der Waals surface area contributed by atoms with Gasteiger partial charge in [0.1, 0.15) is 11.2 Å². The van der Waals surface area contributed by atoms with Crippen LogP contribution in [0.3, 0.4) is 0 Å². The molecule has 0 amide bonds. The van der Waals surface area contributed by atoms with Crippen molar-refractivity contribution in [3.05, 3.63) is 218 Å². The summed E-state index contributed by atoms with van der Waals surface area (Å²) in [5.74, 6) is 0. The summed E-state index contributed by atoms with van der Waals surface area (Å²) < 4.78 is 8.69. The van der Waals surface area contributed by atoms with E-state index in [9.17, 15) is 0 Å². The van der Waals surface area contributed by atoms with Crippen LogP contribution < -0.4 is 4.90 Å². The number of nitrogens with zero attached hydrogens (tertiary/aromatic N) is 2. The molecule has 10 aromatic carbocycles. The summed E-state index contributed by atoms with van der Waals surface area (Å²) in [4.78, 5) is 2.39. The molecular weight excluding hydrogens is 717 g/mol. The first-order valence-electron chi connectivity index (χ1n) is 20.2. The Morgan fingerprint density at radius 1 is 0.322 bits per heavy atom. The van der Waals surface area contributed by atoms with Crippen molar-refractivity contribution in [2.75, 3.05) is 4.90 Å². The molecule has 0 N–H and O–H groups in total. The molecular formula is C56H36N2O. The predicted octanol–water partition coefficient (Wildman–Crippen LogP) is 15.8. The lowest BCUT2D eigenvalue weighted by molar-refractivity contribution is 0.669. The van der Waals surface area contributed by atoms with Gasteiger partial charge in [-0.3, -0.25) is 0 Å². The smallest absolute Gasteiger partial charge is 0.136 e. The molecule has 0 aliphatic rings. The Balaban J connectivity index is 0.996. The zero-order chi connectivity index (χ0) is 38.9. The molecule has 276 valence electrons. The maximum Gasteiger partial charge on any atom is 0.136 e. The number of fused-ring (bicyclic) bond motifs is 9. The van der Waals surface area contributed by atoms with Gasteiger partial charge in [0.25, 0.3) is 0 Å². The average molecular weight is 753 g/mol. The van der Waals surface area contributed by atoms with E-state index >= 15 is 0 Å². The molecule has 0 aliphatic carbocycles. The summed E-state index contributed by atoms with van der Waals surface area (Å²) >= 11 is 0. The van der Waals surface area contributed by atoms with Gasteiger partial charge in [-0.2, -0.15) is 0 Å². The number of anilines is 3. The number of benzene rings is 10. The second-order valence-corrected chi connectivity index (χ2v) is 15.3. The van der Waals surface area contributed by atoms with Crippen molar-refractivity contribution < 1.29 is 4.42 Å². The molecule has 12 rings (SSSR count). The van der Waals surface area contributed by atoms with Gasteiger partial charge in [0.15, 0.2) is 0 Å². The van der Waals surface area contributed by atoms with Gasteiger partial charge < -0.3 is 13.9 Å². The molecule has 0 bridgehead atoms. The van der Waals surface area contributed by atoms with E-state index < -0.39 is 0 Å². The van der Waals surface area contributed by atoms with Crippen LogP contribution in [-0.4, -0.2) is 4.57 Å². The summed E-state index contributed by atoms with van der Waals surface area (Å²) in [7, 11) is 0. The van der Waals surface area contributed by atoms with Crippen LogP contribution in [-0.2, 0) is 0 Å². The van der Waals surface area contributed by atoms with Gasteiger partial charge >= 0.3 is 0 Å². The second kappa shape index (κ2) is 13.4. The first-order chi connectivity index (χ1) is 29.2. The number of aromatic nitrogens is 1. The monoisotopic (exact) mass is 752 g/mol. The minimum absolute atomic E-state index is 0.899. The SMILES string of the molecule is c1cc(N(c2ccc(-c3ccccc3-c3ccc4c(c3)oc3ccccc34)cc2)c2ccc3c(ccc4ccccc43)c2)cc(-n2c3ccccc3c3ccccc32)c1. The molecule has 3 nitrogen and oxygen atoms in total. The molecule has 0 saturated carbocycles. The van der Waals surface area contributed by atoms with Gasteiger partial charge in [0, 0.05) is 44.3 Å². The van der Waals surface area contributed by atoms with Gasteiger partial charge in [-0.25, -0.2) is 0 Å². The van der Waals surface area contributed by atoms with Crippen LogP contribution >= 0.6 is 0 Å². The molecule has 59 heavy (non-hydrogen) atoms. The molecule has 0 atom stereocenters. The van der Waals surface area contributed by atoms with Gasteiger partial charge in [-0.15, -0.1) is 0 Å². The Bertz CT molecular complexity index is 3520. The van der Waals surface area contributed by atoms with Gasteiger partial charge in [-0.1, -0.05) is 146 Å². The van der Waals surface area contributed by atoms with E-state index in [-0.39, 0.29) is 0 Å². The summed E-state index contributed by atoms with van der Waals surface area (Å²) in [6, 6.07) is 78.8. The van der Waals surface area contributed by atoms with Gasteiger partial charge in [0.2, 0.25) is 0 Å². The van der Waals surface area contributed by atoms with Crippen LogP contribution in [0.2, 0.25) is 0 Å². The minimum atomic E-state index is 0.899. The zero-order valence-corrected chi connectivity index (χ0v) is 32.1. The molecule has 2 heterocycles. The second-order valence-electron chi connectivity index (χ2n) is 15.3. The van der Waals surface area contributed by atoms with E-state index in [0.29, 0.717) is 0 Å². The van der Waals surface area contributed by atoms with E-state index in [1.54, 1.807) is 0 Å². The quantitative estimate of drug-likeness (QED) is 0.158. The Hall–Kier alpha value is -7.88. The number of rotatable bonds is 6. The number of para-hydroxylation sites is 3. The lowest BCUT2D eigenvalue weighted by Crippen LogP contribution is -2.10. The molecule has 2 aromatic heterocycles. The summed E-state index contributed by atoms with van der Waals surface area (Å²) in [5.41, 5.74) is 13.2. The minimum Gasteiger partial charge on any atom is -0.456 e. The first-order valence-corrected chi connectivity index (χ1v) is 20.2. The third kappa shape index (κ3) is 5.44. The fraction of sp³-hybridized carbons (Fsp3) is 0. The average Bonchev–Trinajstić information content (AvgIpc) is 3.85. The molecule has 12 aromatic rings. The van der Waals surface area contributed by atoms with E-state index in [1.807, 2.05) is 12.1 Å². The van der Waals surface area contributed by atoms with Crippen molar-refractivity contribution in [1.82, 2.24) is 4.57 Å². The highest BCUT2D eigenvalue weighted by atomic mass is 16.3. The molecule has 0 saturated heterocycles. The Kier molecular flexibility index (Phi) is 7.54. The van der Waals surface area contributed by atoms with Crippen LogP contribution in [0.1, 0.15) is 0 Å². The van der Waals surface area contributed by atoms with Crippen molar-refractivity contribution in [1.29, 1.82) is 0 Å². The normalized spacial score (nSPS) is 11.7. The van der Waals surface area contributed by atoms with E-state index in [4.69, 9.17) is 4.42 Å². The van der Waals surface area contributed by atoms with Gasteiger partial charge in [-0.05, 0) is 117 Å². The van der Waals surface area contributed by atoms with Crippen LogP contribution in [0.4, 0.5) is 17.1 Å². The van der Waals surface area contributed by atoms with Crippen molar-refractivity contribution in [2.45, 2.75) is 0 Å². The van der Waals surface area contributed by atoms with E-state index in [0.717, 1.165) is 55.8 Å². The standard InChI is InChI=1S/C56H36N2O/c1-2-15-45-37(12-1)24-25-39-34-44(31-33-48(39)45)57(42-13-11-14-43(36-42)58-53-21-8-5-18-49(53)50-19-6-9-22-54(50)58)41-29-26-38(27-30-41)46-16-3-4-17-47(46)40-28-32-52-51-20-7-10-23-55(51)59-56(52)35-40/h1-36H. The summed E-state index contributed by atoms with van der Waals surface area (Å²) in [6.07, 6.45) is 0. The van der Waals surface area contributed by atoms with E-state index in [1.165, 1.54) is 54.5 Å². The largest absolute Gasteiger partial charge is 0.456 e. The highest BCUT2D eigenvalue weighted by Crippen LogP contribution is 2.42. The van der Waals surface area contributed by atoms with Crippen molar-refractivity contribution in [2.24, 2.45) is 0 Å². The summed E-state index contributed by atoms with van der Waals surface area (Å²) in [6.45, 7) is 0. The van der Waals surface area contributed by atoms with Crippen LogP contribution in [0, 0.1) is 0 Å². The molecule has 0 aliphatic heterocycles.